The highest BCUT2D eigenvalue weighted by atomic mass is 16.5. The summed E-state index contributed by atoms with van der Waals surface area (Å²) in [6.07, 6.45) is 6.15. The zero-order chi connectivity index (χ0) is 15.7. The lowest BCUT2D eigenvalue weighted by Crippen LogP contribution is -2.38. The van der Waals surface area contributed by atoms with Gasteiger partial charge in [-0.15, -0.1) is 5.92 Å². The van der Waals surface area contributed by atoms with Crippen molar-refractivity contribution in [1.29, 1.82) is 0 Å². The molecule has 4 nitrogen and oxygen atoms in total. The Hall–Kier alpha value is -2.28. The second-order valence-corrected chi connectivity index (χ2v) is 4.69. The van der Waals surface area contributed by atoms with Crippen LogP contribution >= 0.6 is 0 Å². The summed E-state index contributed by atoms with van der Waals surface area (Å²) in [6.45, 7) is 8.64. The Kier molecular flexibility index (Phi) is 7.03. The molecule has 0 aromatic carbocycles. The van der Waals surface area contributed by atoms with Crippen molar-refractivity contribution in [1.82, 2.24) is 4.90 Å². The van der Waals surface area contributed by atoms with E-state index in [4.69, 9.17) is 0 Å². The van der Waals surface area contributed by atoms with E-state index in [9.17, 15) is 9.59 Å². The molecular weight excluding hydrogens is 266 g/mol. The molecule has 1 aliphatic heterocycles. The molecule has 4 heteroatoms. The number of rotatable bonds is 6. The number of carbonyl (C=O) groups is 2. The predicted molar refractivity (Wildman–Crippen MR) is 82.3 cm³/mol. The first-order valence-electron chi connectivity index (χ1n) is 6.93. The van der Waals surface area contributed by atoms with Crippen molar-refractivity contribution in [3.05, 3.63) is 36.5 Å². The largest absolute Gasteiger partial charge is 0.465 e. The third-order valence-corrected chi connectivity index (χ3v) is 3.13. The van der Waals surface area contributed by atoms with Gasteiger partial charge in [-0.1, -0.05) is 31.2 Å². The molecule has 0 aromatic rings. The summed E-state index contributed by atoms with van der Waals surface area (Å²) in [7, 11) is 1.28. The Morgan fingerprint density at radius 2 is 2.29 bits per heavy atom. The lowest BCUT2D eigenvalue weighted by atomic mass is 10.1. The average molecular weight is 287 g/mol. The van der Waals surface area contributed by atoms with E-state index in [1.54, 1.807) is 17.1 Å². The Morgan fingerprint density at radius 1 is 1.52 bits per heavy atom. The number of unbranched alkanes of at least 4 members (excludes halogenated alkanes) is 1. The normalized spacial score (nSPS) is 13.9. The van der Waals surface area contributed by atoms with E-state index in [-0.39, 0.29) is 11.5 Å². The van der Waals surface area contributed by atoms with Gasteiger partial charge in [0, 0.05) is 25.9 Å². The van der Waals surface area contributed by atoms with Crippen molar-refractivity contribution in [2.24, 2.45) is 0 Å². The quantitative estimate of drug-likeness (QED) is 0.247. The van der Waals surface area contributed by atoms with Crippen molar-refractivity contribution >= 4 is 11.9 Å². The highest BCUT2D eigenvalue weighted by Crippen LogP contribution is 2.13. The van der Waals surface area contributed by atoms with Crippen molar-refractivity contribution in [3.8, 4) is 11.8 Å². The van der Waals surface area contributed by atoms with Crippen LogP contribution in [0, 0.1) is 11.8 Å². The second-order valence-electron chi connectivity index (χ2n) is 4.69. The van der Waals surface area contributed by atoms with E-state index in [1.165, 1.54) is 7.11 Å². The lowest BCUT2D eigenvalue weighted by molar-refractivity contribution is -0.140. The number of methoxy groups -OCH3 is 1. The first-order chi connectivity index (χ1) is 10.1. The van der Waals surface area contributed by atoms with Crippen LogP contribution < -0.4 is 0 Å². The number of amides is 1. The van der Waals surface area contributed by atoms with E-state index in [0.717, 1.165) is 12.0 Å². The van der Waals surface area contributed by atoms with Crippen LogP contribution in [0.15, 0.2) is 36.5 Å². The maximum atomic E-state index is 12.1. The Bertz CT molecular complexity index is 520. The zero-order valence-corrected chi connectivity index (χ0v) is 12.5. The first kappa shape index (κ1) is 16.8. The molecule has 0 saturated heterocycles. The van der Waals surface area contributed by atoms with Crippen molar-refractivity contribution in [2.45, 2.75) is 25.7 Å². The molecule has 1 aliphatic rings. The smallest absolute Gasteiger partial charge is 0.343 e. The van der Waals surface area contributed by atoms with Gasteiger partial charge in [0.2, 0.25) is 0 Å². The van der Waals surface area contributed by atoms with Crippen molar-refractivity contribution in [3.63, 3.8) is 0 Å². The van der Waals surface area contributed by atoms with Gasteiger partial charge < -0.3 is 9.64 Å². The van der Waals surface area contributed by atoms with Gasteiger partial charge in [0.05, 0.1) is 7.11 Å². The van der Waals surface area contributed by atoms with Gasteiger partial charge in [-0.05, 0) is 18.4 Å². The van der Waals surface area contributed by atoms with Crippen LogP contribution in [0.25, 0.3) is 0 Å². The highest BCUT2D eigenvalue weighted by molar-refractivity contribution is 6.16. The summed E-state index contributed by atoms with van der Waals surface area (Å²) in [4.78, 5) is 25.2. The Labute approximate surface area is 126 Å². The van der Waals surface area contributed by atoms with Gasteiger partial charge in [0.25, 0.3) is 5.91 Å². The first-order valence-corrected chi connectivity index (χ1v) is 6.93. The van der Waals surface area contributed by atoms with E-state index >= 15 is 0 Å². The number of hydrogen-bond donors (Lipinski definition) is 0. The molecule has 0 spiro atoms. The average Bonchev–Trinajstić information content (AvgIpc) is 2.51. The highest BCUT2D eigenvalue weighted by Gasteiger charge is 2.26. The predicted octanol–water partition coefficient (Wildman–Crippen LogP) is 2.23. The van der Waals surface area contributed by atoms with Gasteiger partial charge in [-0.25, -0.2) is 4.79 Å². The molecule has 0 bridgehead atoms. The van der Waals surface area contributed by atoms with Crippen LogP contribution in [-0.2, 0) is 14.3 Å². The molecule has 0 N–H and O–H groups in total. The maximum absolute atomic E-state index is 12.1. The molecule has 0 aromatic heterocycles. The third kappa shape index (κ3) is 5.31. The van der Waals surface area contributed by atoms with Crippen LogP contribution in [0.3, 0.4) is 0 Å². The molecule has 1 amide bonds. The van der Waals surface area contributed by atoms with Gasteiger partial charge in [-0.2, -0.15) is 0 Å². The molecule has 0 fully saturated rings. The monoisotopic (exact) mass is 287 g/mol. The second kappa shape index (κ2) is 8.80. The van der Waals surface area contributed by atoms with E-state index in [0.29, 0.717) is 32.4 Å². The van der Waals surface area contributed by atoms with E-state index in [1.807, 2.05) is 0 Å². The number of hydrogen-bond acceptors (Lipinski definition) is 3. The van der Waals surface area contributed by atoms with E-state index < -0.39 is 5.97 Å². The summed E-state index contributed by atoms with van der Waals surface area (Å²) in [5.74, 6) is 5.25. The summed E-state index contributed by atoms with van der Waals surface area (Å²) < 4.78 is 4.61. The summed E-state index contributed by atoms with van der Waals surface area (Å²) in [5.41, 5.74) is 1.04. The number of nitrogens with zero attached hydrogens (tertiary/aromatic N) is 1. The molecule has 0 radical (unpaired) electrons. The number of carbonyl (C=O) groups excluding carboxylic acids is 2. The summed E-state index contributed by atoms with van der Waals surface area (Å²) in [5, 5.41) is 0. The molecular formula is C17H21NO3. The molecule has 1 rings (SSSR count). The fourth-order valence-corrected chi connectivity index (χ4v) is 1.91. The minimum Gasteiger partial charge on any atom is -0.465 e. The number of ether oxygens (including phenoxy) is 1. The summed E-state index contributed by atoms with van der Waals surface area (Å²) >= 11 is 0. The SMILES string of the molecule is C=CC(=C)CC#CCCCN1CCC=C(C(=O)OC)C1=O. The minimum atomic E-state index is -0.563. The van der Waals surface area contributed by atoms with Crippen molar-refractivity contribution in [2.75, 3.05) is 20.2 Å². The Balaban J connectivity index is 2.38. The molecule has 0 saturated carbocycles. The molecule has 21 heavy (non-hydrogen) atoms. The van der Waals surface area contributed by atoms with Gasteiger partial charge in [-0.3, -0.25) is 4.79 Å². The van der Waals surface area contributed by atoms with E-state index in [2.05, 4.69) is 29.7 Å². The van der Waals surface area contributed by atoms with Gasteiger partial charge in [0.15, 0.2) is 0 Å². The minimum absolute atomic E-state index is 0.136. The topological polar surface area (TPSA) is 46.6 Å². The van der Waals surface area contributed by atoms with Crippen LogP contribution in [0.1, 0.15) is 25.7 Å². The maximum Gasteiger partial charge on any atom is 0.343 e. The van der Waals surface area contributed by atoms with Crippen molar-refractivity contribution < 1.29 is 14.3 Å². The molecule has 0 unspecified atom stereocenters. The summed E-state index contributed by atoms with van der Waals surface area (Å²) in [6, 6.07) is 0. The molecule has 0 atom stereocenters. The van der Waals surface area contributed by atoms with Crippen LogP contribution in [0.4, 0.5) is 0 Å². The Morgan fingerprint density at radius 3 is 2.95 bits per heavy atom. The fraction of sp³-hybridized carbons (Fsp3) is 0.412. The van der Waals surface area contributed by atoms with Gasteiger partial charge in [0.1, 0.15) is 5.57 Å². The molecule has 0 aliphatic carbocycles. The van der Waals surface area contributed by atoms with Crippen LogP contribution in [0.2, 0.25) is 0 Å². The number of esters is 1. The zero-order valence-electron chi connectivity index (χ0n) is 12.5. The number of allylic oxidation sites excluding steroid dienone is 2. The standard InChI is InChI=1S/C17H21NO3/c1-4-14(2)10-7-5-6-8-12-18-13-9-11-15(16(18)19)17(20)21-3/h4,11H,1-2,6,8-10,12-13H2,3H3. The van der Waals surface area contributed by atoms with Crippen LogP contribution in [-0.4, -0.2) is 37.0 Å². The fourth-order valence-electron chi connectivity index (χ4n) is 1.91. The van der Waals surface area contributed by atoms with Gasteiger partial charge >= 0.3 is 5.97 Å². The molecule has 1 heterocycles. The third-order valence-electron chi connectivity index (χ3n) is 3.13. The van der Waals surface area contributed by atoms with Crippen LogP contribution in [0.5, 0.6) is 0 Å². The lowest BCUT2D eigenvalue weighted by Gasteiger charge is -2.25. The molecule has 112 valence electrons.